The second-order valence-electron chi connectivity index (χ2n) is 7.63. The molecule has 0 unspecified atom stereocenters. The standard InChI is InChI=1S/C19H23ClN2O3S2/c20-14-6-3-7-15(10-14)22-16-11-27(24,25)12-17(16)26-19(22)21-18(23)9-8-13-4-1-2-5-13/h3,6-7,10,13,16-17H,1-2,4-5,8-9,11-12H2/t16-,17+/m1/s1. The summed E-state index contributed by atoms with van der Waals surface area (Å²) in [5.41, 5.74) is 0.793. The van der Waals surface area contributed by atoms with Crippen molar-refractivity contribution >= 4 is 50.0 Å². The maximum absolute atomic E-state index is 12.5. The van der Waals surface area contributed by atoms with Crippen LogP contribution in [-0.4, -0.2) is 42.3 Å². The maximum atomic E-state index is 12.5. The molecule has 4 rings (SSSR count). The van der Waals surface area contributed by atoms with Gasteiger partial charge in [0.1, 0.15) is 0 Å². The molecule has 0 aromatic heterocycles. The van der Waals surface area contributed by atoms with Crippen molar-refractivity contribution in [2.24, 2.45) is 10.9 Å². The molecule has 2 saturated heterocycles. The van der Waals surface area contributed by atoms with E-state index in [0.29, 0.717) is 22.5 Å². The van der Waals surface area contributed by atoms with Crippen molar-refractivity contribution in [3.63, 3.8) is 0 Å². The Bertz CT molecular complexity index is 865. The number of anilines is 1. The Labute approximate surface area is 169 Å². The summed E-state index contributed by atoms with van der Waals surface area (Å²) in [6.45, 7) is 0. The van der Waals surface area contributed by atoms with E-state index in [0.717, 1.165) is 12.1 Å². The zero-order valence-electron chi connectivity index (χ0n) is 15.0. The third-order valence-electron chi connectivity index (χ3n) is 5.61. The molecular formula is C19H23ClN2O3S2. The Balaban J connectivity index is 1.55. The Kier molecular flexibility index (Phi) is 5.54. The average Bonchev–Trinajstić information content (AvgIpc) is 3.27. The number of fused-ring (bicyclic) bond motifs is 1. The van der Waals surface area contributed by atoms with E-state index in [1.165, 1.54) is 37.4 Å². The Hall–Kier alpha value is -1.05. The number of rotatable bonds is 4. The van der Waals surface area contributed by atoms with E-state index >= 15 is 0 Å². The van der Waals surface area contributed by atoms with Crippen molar-refractivity contribution in [2.45, 2.75) is 49.8 Å². The summed E-state index contributed by atoms with van der Waals surface area (Å²) in [6.07, 6.45) is 6.34. The summed E-state index contributed by atoms with van der Waals surface area (Å²) in [4.78, 5) is 18.8. The van der Waals surface area contributed by atoms with Crippen LogP contribution in [0.15, 0.2) is 29.3 Å². The van der Waals surface area contributed by atoms with E-state index in [9.17, 15) is 13.2 Å². The van der Waals surface area contributed by atoms with E-state index in [1.54, 1.807) is 12.1 Å². The zero-order chi connectivity index (χ0) is 19.0. The Morgan fingerprint density at radius 2 is 2.04 bits per heavy atom. The normalized spacial score (nSPS) is 28.8. The van der Waals surface area contributed by atoms with Gasteiger partial charge in [-0.3, -0.25) is 4.79 Å². The molecule has 0 radical (unpaired) electrons. The van der Waals surface area contributed by atoms with Crippen LogP contribution in [-0.2, 0) is 14.6 Å². The number of nitrogens with zero attached hydrogens (tertiary/aromatic N) is 2. The van der Waals surface area contributed by atoms with Crippen LogP contribution in [0.4, 0.5) is 5.69 Å². The number of amidine groups is 1. The highest BCUT2D eigenvalue weighted by molar-refractivity contribution is 8.16. The molecule has 0 bridgehead atoms. The lowest BCUT2D eigenvalue weighted by molar-refractivity contribution is -0.118. The van der Waals surface area contributed by atoms with Gasteiger partial charge in [-0.25, -0.2) is 8.42 Å². The SMILES string of the molecule is O=C(CCC1CCCC1)N=C1S[C@H]2CS(=O)(=O)C[C@H]2N1c1cccc(Cl)c1. The van der Waals surface area contributed by atoms with Crippen LogP contribution in [0.2, 0.25) is 5.02 Å². The van der Waals surface area contributed by atoms with E-state index in [4.69, 9.17) is 11.6 Å². The summed E-state index contributed by atoms with van der Waals surface area (Å²) in [5, 5.41) is 1.10. The van der Waals surface area contributed by atoms with E-state index in [-0.39, 0.29) is 28.7 Å². The van der Waals surface area contributed by atoms with Crippen LogP contribution in [0.25, 0.3) is 0 Å². The van der Waals surface area contributed by atoms with Gasteiger partial charge in [0.15, 0.2) is 15.0 Å². The first-order chi connectivity index (χ1) is 12.9. The molecule has 2 aliphatic heterocycles. The minimum atomic E-state index is -3.07. The van der Waals surface area contributed by atoms with Gasteiger partial charge in [-0.05, 0) is 30.5 Å². The van der Waals surface area contributed by atoms with Gasteiger partial charge in [-0.1, -0.05) is 55.1 Å². The van der Waals surface area contributed by atoms with Crippen LogP contribution in [0.3, 0.4) is 0 Å². The van der Waals surface area contributed by atoms with E-state index in [2.05, 4.69) is 4.99 Å². The molecular weight excluding hydrogens is 404 g/mol. The molecule has 2 atom stereocenters. The van der Waals surface area contributed by atoms with Gasteiger partial charge in [-0.15, -0.1) is 0 Å². The fourth-order valence-electron chi connectivity index (χ4n) is 4.28. The highest BCUT2D eigenvalue weighted by Crippen LogP contribution is 2.41. The van der Waals surface area contributed by atoms with Gasteiger partial charge in [-0.2, -0.15) is 4.99 Å². The predicted octanol–water partition coefficient (Wildman–Crippen LogP) is 3.91. The summed E-state index contributed by atoms with van der Waals surface area (Å²) in [5.74, 6) is 0.763. The second-order valence-corrected chi connectivity index (χ2v) is 11.4. The van der Waals surface area contributed by atoms with Crippen molar-refractivity contribution in [3.8, 4) is 0 Å². The first-order valence-corrected chi connectivity index (χ1v) is 12.5. The maximum Gasteiger partial charge on any atom is 0.248 e. The van der Waals surface area contributed by atoms with Gasteiger partial charge in [0, 0.05) is 22.4 Å². The third kappa shape index (κ3) is 4.35. The topological polar surface area (TPSA) is 66.8 Å². The van der Waals surface area contributed by atoms with Crippen LogP contribution < -0.4 is 4.90 Å². The molecule has 1 aromatic rings. The van der Waals surface area contributed by atoms with Crippen LogP contribution in [0, 0.1) is 5.92 Å². The first kappa shape index (κ1) is 19.3. The molecule has 3 fully saturated rings. The lowest BCUT2D eigenvalue weighted by Gasteiger charge is -2.24. The Morgan fingerprint density at radius 1 is 1.26 bits per heavy atom. The number of halogens is 1. The minimum absolute atomic E-state index is 0.0876. The second kappa shape index (κ2) is 7.76. The van der Waals surface area contributed by atoms with Gasteiger partial charge in [0.05, 0.1) is 17.5 Å². The number of carbonyl (C=O) groups is 1. The summed E-state index contributed by atoms with van der Waals surface area (Å²) < 4.78 is 24.2. The quantitative estimate of drug-likeness (QED) is 0.730. The van der Waals surface area contributed by atoms with Crippen LogP contribution in [0.1, 0.15) is 38.5 Å². The lowest BCUT2D eigenvalue weighted by Crippen LogP contribution is -2.37. The molecule has 8 heteroatoms. The van der Waals surface area contributed by atoms with Gasteiger partial charge in [0.25, 0.3) is 0 Å². The summed E-state index contributed by atoms with van der Waals surface area (Å²) in [7, 11) is -3.07. The number of hydrogen-bond acceptors (Lipinski definition) is 4. The zero-order valence-corrected chi connectivity index (χ0v) is 17.4. The highest BCUT2D eigenvalue weighted by atomic mass is 35.5. The summed E-state index contributed by atoms with van der Waals surface area (Å²) >= 11 is 7.55. The molecule has 0 spiro atoms. The molecule has 3 aliphatic rings. The number of benzene rings is 1. The van der Waals surface area contributed by atoms with Crippen molar-refractivity contribution in [1.82, 2.24) is 0 Å². The van der Waals surface area contributed by atoms with Crippen molar-refractivity contribution in [2.75, 3.05) is 16.4 Å². The fraction of sp³-hybridized carbons (Fsp3) is 0.579. The Morgan fingerprint density at radius 3 is 2.78 bits per heavy atom. The molecule has 5 nitrogen and oxygen atoms in total. The van der Waals surface area contributed by atoms with Gasteiger partial charge < -0.3 is 4.90 Å². The molecule has 2 heterocycles. The summed E-state index contributed by atoms with van der Waals surface area (Å²) in [6, 6.07) is 7.10. The van der Waals surface area contributed by atoms with Gasteiger partial charge >= 0.3 is 0 Å². The molecule has 1 aromatic carbocycles. The monoisotopic (exact) mass is 426 g/mol. The molecule has 27 heavy (non-hydrogen) atoms. The number of carbonyl (C=O) groups excluding carboxylic acids is 1. The first-order valence-electron chi connectivity index (χ1n) is 9.45. The number of hydrogen-bond donors (Lipinski definition) is 0. The van der Waals surface area contributed by atoms with Crippen LogP contribution >= 0.6 is 23.4 Å². The number of sulfone groups is 1. The van der Waals surface area contributed by atoms with E-state index in [1.807, 2.05) is 17.0 Å². The molecule has 1 amide bonds. The molecule has 0 N–H and O–H groups in total. The van der Waals surface area contributed by atoms with Crippen molar-refractivity contribution in [1.29, 1.82) is 0 Å². The third-order valence-corrected chi connectivity index (χ3v) is 9.06. The highest BCUT2D eigenvalue weighted by Gasteiger charge is 2.49. The van der Waals surface area contributed by atoms with E-state index < -0.39 is 9.84 Å². The van der Waals surface area contributed by atoms with Gasteiger partial charge in [0.2, 0.25) is 5.91 Å². The lowest BCUT2D eigenvalue weighted by atomic mass is 10.0. The predicted molar refractivity (Wildman–Crippen MR) is 111 cm³/mol. The smallest absolute Gasteiger partial charge is 0.248 e. The number of amides is 1. The number of aliphatic imine (C=N–C) groups is 1. The molecule has 1 saturated carbocycles. The molecule has 146 valence electrons. The number of thioether (sulfide) groups is 1. The minimum Gasteiger partial charge on any atom is -0.316 e. The average molecular weight is 427 g/mol. The largest absolute Gasteiger partial charge is 0.316 e. The molecule has 1 aliphatic carbocycles. The van der Waals surface area contributed by atoms with Crippen molar-refractivity contribution in [3.05, 3.63) is 29.3 Å². The van der Waals surface area contributed by atoms with Crippen molar-refractivity contribution < 1.29 is 13.2 Å². The fourth-order valence-corrected chi connectivity index (χ4v) is 8.40. The van der Waals surface area contributed by atoms with Crippen LogP contribution in [0.5, 0.6) is 0 Å².